The average Bonchev–Trinajstić information content (AvgIpc) is 2.96. The number of carbonyl (C=O) groups excluding carboxylic acids is 1. The van der Waals surface area contributed by atoms with Crippen LogP contribution in [0.3, 0.4) is 0 Å². The molecule has 0 saturated carbocycles. The van der Waals surface area contributed by atoms with Gasteiger partial charge in [-0.15, -0.1) is 0 Å². The molecule has 0 N–H and O–H groups in total. The molecule has 0 aromatic heterocycles. The van der Waals surface area contributed by atoms with Gasteiger partial charge in [0.25, 0.3) is 5.91 Å². The Morgan fingerprint density at radius 2 is 1.62 bits per heavy atom. The molecule has 0 aliphatic carbocycles. The van der Waals surface area contributed by atoms with E-state index in [1.807, 2.05) is 91.0 Å². The summed E-state index contributed by atoms with van der Waals surface area (Å²) < 4.78 is 0.561. The van der Waals surface area contributed by atoms with Gasteiger partial charge in [0.2, 0.25) is 0 Å². The Hall–Kier alpha value is -2.69. The van der Waals surface area contributed by atoms with Gasteiger partial charge in [-0.2, -0.15) is 0 Å². The monoisotopic (exact) mass is 373 g/mol. The Morgan fingerprint density at radius 1 is 0.885 bits per heavy atom. The number of thioether (sulfide) groups is 1. The zero-order chi connectivity index (χ0) is 17.9. The van der Waals surface area contributed by atoms with E-state index in [0.717, 1.165) is 22.0 Å². The van der Waals surface area contributed by atoms with Crippen LogP contribution in [0.4, 0.5) is 5.69 Å². The van der Waals surface area contributed by atoms with Crippen molar-refractivity contribution in [2.75, 3.05) is 4.90 Å². The molecule has 1 aliphatic rings. The van der Waals surface area contributed by atoms with Crippen molar-refractivity contribution in [3.63, 3.8) is 0 Å². The summed E-state index contributed by atoms with van der Waals surface area (Å²) in [5, 5.41) is 2.11. The van der Waals surface area contributed by atoms with E-state index in [9.17, 15) is 4.79 Å². The zero-order valence-corrected chi connectivity index (χ0v) is 15.5. The molecule has 0 bridgehead atoms. The molecule has 4 rings (SSSR count). The topological polar surface area (TPSA) is 20.3 Å². The first-order valence-corrected chi connectivity index (χ1v) is 9.44. The number of thiocarbonyl (C=S) groups is 1. The number of anilines is 1. The Labute approximate surface area is 161 Å². The SMILES string of the molecule is O=C1/C(=C\C=C\c2ccccc2)SC(=S)N1c1cccc2ccccc12. The zero-order valence-electron chi connectivity index (χ0n) is 13.8. The Balaban J connectivity index is 1.65. The largest absolute Gasteiger partial charge is 0.270 e. The smallest absolute Gasteiger partial charge is 0.268 e. The van der Waals surface area contributed by atoms with E-state index in [1.165, 1.54) is 11.8 Å². The highest BCUT2D eigenvalue weighted by Crippen LogP contribution is 2.38. The van der Waals surface area contributed by atoms with Gasteiger partial charge in [0, 0.05) is 5.39 Å². The van der Waals surface area contributed by atoms with Crippen LogP contribution in [0, 0.1) is 0 Å². The standard InChI is InChI=1S/C22H15NOS2/c24-21-20(15-6-10-16-8-2-1-3-9-16)26-22(25)23(21)19-14-7-12-17-11-4-5-13-18(17)19/h1-15H/b10-6+,20-15+. The summed E-state index contributed by atoms with van der Waals surface area (Å²) in [6, 6.07) is 23.9. The second kappa shape index (κ2) is 7.28. The van der Waals surface area contributed by atoms with Gasteiger partial charge in [0.05, 0.1) is 10.6 Å². The quantitative estimate of drug-likeness (QED) is 0.427. The molecule has 3 aromatic rings. The van der Waals surface area contributed by atoms with Crippen LogP contribution in [0.15, 0.2) is 89.9 Å². The molecule has 0 spiro atoms. The number of rotatable bonds is 3. The highest BCUT2D eigenvalue weighted by Gasteiger charge is 2.33. The number of carbonyl (C=O) groups is 1. The van der Waals surface area contributed by atoms with Crippen LogP contribution < -0.4 is 4.90 Å². The van der Waals surface area contributed by atoms with Crippen LogP contribution in [0.2, 0.25) is 0 Å². The lowest BCUT2D eigenvalue weighted by Crippen LogP contribution is -2.27. The van der Waals surface area contributed by atoms with Gasteiger partial charge < -0.3 is 0 Å². The number of hydrogen-bond donors (Lipinski definition) is 0. The Kier molecular flexibility index (Phi) is 4.69. The summed E-state index contributed by atoms with van der Waals surface area (Å²) in [7, 11) is 0. The predicted octanol–water partition coefficient (Wildman–Crippen LogP) is 5.80. The molecule has 0 unspecified atom stereocenters. The first-order valence-electron chi connectivity index (χ1n) is 8.21. The fraction of sp³-hybridized carbons (Fsp3) is 0. The van der Waals surface area contributed by atoms with E-state index in [0.29, 0.717) is 9.23 Å². The van der Waals surface area contributed by atoms with Crippen LogP contribution in [0.5, 0.6) is 0 Å². The van der Waals surface area contributed by atoms with Gasteiger partial charge in [-0.3, -0.25) is 9.69 Å². The van der Waals surface area contributed by atoms with Gasteiger partial charge >= 0.3 is 0 Å². The highest BCUT2D eigenvalue weighted by atomic mass is 32.2. The Bertz CT molecular complexity index is 1050. The summed E-state index contributed by atoms with van der Waals surface area (Å²) in [6.07, 6.45) is 5.70. The molecule has 2 nitrogen and oxygen atoms in total. The average molecular weight is 374 g/mol. The third kappa shape index (κ3) is 3.21. The second-order valence-electron chi connectivity index (χ2n) is 5.81. The molecule has 0 radical (unpaired) electrons. The van der Waals surface area contributed by atoms with Crippen LogP contribution in [0.25, 0.3) is 16.8 Å². The number of benzene rings is 3. The maximum Gasteiger partial charge on any atom is 0.270 e. The lowest BCUT2D eigenvalue weighted by molar-refractivity contribution is -0.113. The minimum atomic E-state index is -0.0749. The van der Waals surface area contributed by atoms with E-state index in [1.54, 1.807) is 4.90 Å². The molecule has 1 amide bonds. The summed E-state index contributed by atoms with van der Waals surface area (Å²) >= 11 is 6.82. The first-order chi connectivity index (χ1) is 12.7. The third-order valence-corrected chi connectivity index (χ3v) is 5.46. The molecular weight excluding hydrogens is 358 g/mol. The molecular formula is C22H15NOS2. The number of allylic oxidation sites excluding steroid dienone is 2. The predicted molar refractivity (Wildman–Crippen MR) is 115 cm³/mol. The van der Waals surface area contributed by atoms with E-state index in [2.05, 4.69) is 0 Å². The summed E-state index contributed by atoms with van der Waals surface area (Å²) in [5.41, 5.74) is 1.93. The normalized spacial score (nSPS) is 16.3. The van der Waals surface area contributed by atoms with Gasteiger partial charge in [-0.25, -0.2) is 0 Å². The van der Waals surface area contributed by atoms with Crippen molar-refractivity contribution >= 4 is 56.7 Å². The molecule has 1 aliphatic heterocycles. The highest BCUT2D eigenvalue weighted by molar-refractivity contribution is 8.27. The summed E-state index contributed by atoms with van der Waals surface area (Å²) in [4.78, 5) is 15.2. The molecule has 1 fully saturated rings. The van der Waals surface area contributed by atoms with Crippen molar-refractivity contribution in [2.45, 2.75) is 0 Å². The third-order valence-electron chi connectivity index (χ3n) is 4.14. The maximum atomic E-state index is 12.9. The number of fused-ring (bicyclic) bond motifs is 1. The van der Waals surface area contributed by atoms with Crippen molar-refractivity contribution in [2.24, 2.45) is 0 Å². The summed E-state index contributed by atoms with van der Waals surface area (Å²) in [6.45, 7) is 0. The van der Waals surface area contributed by atoms with Crippen molar-refractivity contribution in [3.05, 3.63) is 95.4 Å². The van der Waals surface area contributed by atoms with Gasteiger partial charge in [0.1, 0.15) is 0 Å². The first kappa shape index (κ1) is 16.8. The van der Waals surface area contributed by atoms with Crippen molar-refractivity contribution in [1.82, 2.24) is 0 Å². The summed E-state index contributed by atoms with van der Waals surface area (Å²) in [5.74, 6) is -0.0749. The maximum absolute atomic E-state index is 12.9. The fourth-order valence-corrected chi connectivity index (χ4v) is 4.14. The molecule has 26 heavy (non-hydrogen) atoms. The van der Waals surface area contributed by atoms with E-state index in [-0.39, 0.29) is 5.91 Å². The Morgan fingerprint density at radius 3 is 2.46 bits per heavy atom. The van der Waals surface area contributed by atoms with Crippen LogP contribution in [0.1, 0.15) is 5.56 Å². The van der Waals surface area contributed by atoms with Crippen LogP contribution in [-0.4, -0.2) is 10.2 Å². The minimum Gasteiger partial charge on any atom is -0.268 e. The fourth-order valence-electron chi connectivity index (χ4n) is 2.90. The molecule has 4 heteroatoms. The minimum absolute atomic E-state index is 0.0749. The lowest BCUT2D eigenvalue weighted by atomic mass is 10.1. The number of hydrogen-bond acceptors (Lipinski definition) is 3. The lowest BCUT2D eigenvalue weighted by Gasteiger charge is -2.17. The van der Waals surface area contributed by atoms with Crippen LogP contribution in [-0.2, 0) is 4.79 Å². The van der Waals surface area contributed by atoms with Crippen molar-refractivity contribution < 1.29 is 4.79 Å². The van der Waals surface area contributed by atoms with E-state index >= 15 is 0 Å². The van der Waals surface area contributed by atoms with Gasteiger partial charge in [-0.1, -0.05) is 103 Å². The molecule has 3 aromatic carbocycles. The number of amides is 1. The van der Waals surface area contributed by atoms with E-state index < -0.39 is 0 Å². The molecule has 1 heterocycles. The van der Waals surface area contributed by atoms with Crippen molar-refractivity contribution in [3.8, 4) is 0 Å². The van der Waals surface area contributed by atoms with Crippen LogP contribution >= 0.6 is 24.0 Å². The van der Waals surface area contributed by atoms with Crippen molar-refractivity contribution in [1.29, 1.82) is 0 Å². The number of nitrogens with zero attached hydrogens (tertiary/aromatic N) is 1. The molecule has 126 valence electrons. The second-order valence-corrected chi connectivity index (χ2v) is 7.48. The van der Waals surface area contributed by atoms with Gasteiger partial charge in [-0.05, 0) is 23.1 Å². The molecule has 1 saturated heterocycles. The van der Waals surface area contributed by atoms with Gasteiger partial charge in [0.15, 0.2) is 4.32 Å². The molecule has 0 atom stereocenters. The van der Waals surface area contributed by atoms with E-state index in [4.69, 9.17) is 12.2 Å².